The largest absolute Gasteiger partial charge is 0.387 e. The molecule has 112 valence electrons. The molecule has 1 heterocycles. The van der Waals surface area contributed by atoms with Crippen molar-refractivity contribution in [1.82, 2.24) is 9.88 Å². The summed E-state index contributed by atoms with van der Waals surface area (Å²) in [5.74, 6) is 0. The normalized spacial score (nSPS) is 12.6. The molecule has 21 heavy (non-hydrogen) atoms. The van der Waals surface area contributed by atoms with Crippen LogP contribution in [0.2, 0.25) is 5.15 Å². The number of rotatable bonds is 6. The lowest BCUT2D eigenvalue weighted by molar-refractivity contribution is 0.111. The van der Waals surface area contributed by atoms with Gasteiger partial charge in [-0.1, -0.05) is 54.4 Å². The van der Waals surface area contributed by atoms with Crippen molar-refractivity contribution < 1.29 is 5.11 Å². The van der Waals surface area contributed by atoms with Gasteiger partial charge in [-0.2, -0.15) is 0 Å². The first kappa shape index (κ1) is 16.0. The van der Waals surface area contributed by atoms with E-state index in [1.165, 1.54) is 5.56 Å². The highest BCUT2D eigenvalue weighted by atomic mass is 35.5. The van der Waals surface area contributed by atoms with E-state index >= 15 is 0 Å². The number of aromatic nitrogens is 1. The lowest BCUT2D eigenvalue weighted by Gasteiger charge is -2.23. The van der Waals surface area contributed by atoms with Gasteiger partial charge in [0.25, 0.3) is 0 Å². The van der Waals surface area contributed by atoms with Crippen molar-refractivity contribution in [1.29, 1.82) is 0 Å². The second-order valence-electron chi connectivity index (χ2n) is 5.21. The van der Waals surface area contributed by atoms with E-state index in [0.717, 1.165) is 17.8 Å². The number of aliphatic hydroxyl groups excluding tert-OH is 1. The molecule has 0 aliphatic rings. The molecule has 4 heteroatoms. The van der Waals surface area contributed by atoms with Crippen LogP contribution in [0.5, 0.6) is 0 Å². The first-order valence-corrected chi connectivity index (χ1v) is 7.54. The van der Waals surface area contributed by atoms with Gasteiger partial charge in [-0.3, -0.25) is 4.90 Å². The Morgan fingerprint density at radius 2 is 1.90 bits per heavy atom. The first-order chi connectivity index (χ1) is 10.1. The van der Waals surface area contributed by atoms with E-state index in [1.807, 2.05) is 43.3 Å². The van der Waals surface area contributed by atoms with Gasteiger partial charge in [-0.15, -0.1) is 0 Å². The zero-order valence-corrected chi connectivity index (χ0v) is 13.2. The molecule has 0 fully saturated rings. The minimum Gasteiger partial charge on any atom is -0.387 e. The highest BCUT2D eigenvalue weighted by Gasteiger charge is 2.13. The maximum atomic E-state index is 10.4. The average molecular weight is 305 g/mol. The third-order valence-electron chi connectivity index (χ3n) is 3.50. The number of pyridine rings is 1. The smallest absolute Gasteiger partial charge is 0.129 e. The summed E-state index contributed by atoms with van der Waals surface area (Å²) in [6.45, 7) is 6.22. The summed E-state index contributed by atoms with van der Waals surface area (Å²) in [5, 5.41) is 10.9. The van der Waals surface area contributed by atoms with Gasteiger partial charge in [0.05, 0.1) is 11.8 Å². The fourth-order valence-electron chi connectivity index (χ4n) is 2.21. The summed E-state index contributed by atoms with van der Waals surface area (Å²) in [5.41, 5.74) is 3.06. The molecule has 0 bridgehead atoms. The molecule has 1 aromatic heterocycles. The van der Waals surface area contributed by atoms with Crippen LogP contribution in [0.1, 0.15) is 29.8 Å². The van der Waals surface area contributed by atoms with Crippen LogP contribution in [-0.2, 0) is 6.54 Å². The van der Waals surface area contributed by atoms with Crippen LogP contribution in [0.15, 0.2) is 42.5 Å². The molecule has 2 aromatic rings. The summed E-state index contributed by atoms with van der Waals surface area (Å²) >= 11 is 5.91. The number of hydrogen-bond acceptors (Lipinski definition) is 3. The third kappa shape index (κ3) is 4.81. The summed E-state index contributed by atoms with van der Waals surface area (Å²) in [7, 11) is 0. The first-order valence-electron chi connectivity index (χ1n) is 7.17. The SMILES string of the molecule is CCN(Cc1cccc(Cl)n1)CC(O)c1ccc(C)cc1. The predicted molar refractivity (Wildman–Crippen MR) is 86.3 cm³/mol. The lowest BCUT2D eigenvalue weighted by Crippen LogP contribution is -2.28. The minimum atomic E-state index is -0.496. The number of halogens is 1. The van der Waals surface area contributed by atoms with Crippen molar-refractivity contribution in [2.24, 2.45) is 0 Å². The predicted octanol–water partition coefficient (Wildman–Crippen LogP) is 3.60. The molecule has 3 nitrogen and oxygen atoms in total. The molecule has 0 aliphatic carbocycles. The van der Waals surface area contributed by atoms with Crippen molar-refractivity contribution in [3.8, 4) is 0 Å². The molecular formula is C17H21ClN2O. The fraction of sp³-hybridized carbons (Fsp3) is 0.353. The fourth-order valence-corrected chi connectivity index (χ4v) is 2.39. The molecule has 0 spiro atoms. The van der Waals surface area contributed by atoms with Crippen molar-refractivity contribution in [2.45, 2.75) is 26.5 Å². The van der Waals surface area contributed by atoms with Crippen molar-refractivity contribution in [2.75, 3.05) is 13.1 Å². The van der Waals surface area contributed by atoms with Gasteiger partial charge in [-0.05, 0) is 31.2 Å². The number of hydrogen-bond donors (Lipinski definition) is 1. The van der Waals surface area contributed by atoms with E-state index < -0.39 is 6.10 Å². The van der Waals surface area contributed by atoms with Crippen LogP contribution < -0.4 is 0 Å². The summed E-state index contributed by atoms with van der Waals surface area (Å²) in [6.07, 6.45) is -0.496. The molecule has 0 radical (unpaired) electrons. The van der Waals surface area contributed by atoms with E-state index in [0.29, 0.717) is 18.2 Å². The molecule has 1 N–H and O–H groups in total. The van der Waals surface area contributed by atoms with Gasteiger partial charge in [0.15, 0.2) is 0 Å². The molecule has 2 rings (SSSR count). The van der Waals surface area contributed by atoms with Crippen LogP contribution in [0.4, 0.5) is 0 Å². The van der Waals surface area contributed by atoms with Gasteiger partial charge in [0, 0.05) is 13.1 Å². The van der Waals surface area contributed by atoms with Gasteiger partial charge in [-0.25, -0.2) is 4.98 Å². The Hall–Kier alpha value is -1.42. The lowest BCUT2D eigenvalue weighted by atomic mass is 10.1. The van der Waals surface area contributed by atoms with Gasteiger partial charge >= 0.3 is 0 Å². The Kier molecular flexibility index (Phi) is 5.74. The van der Waals surface area contributed by atoms with Crippen molar-refractivity contribution in [3.05, 3.63) is 64.4 Å². The van der Waals surface area contributed by atoms with Crippen LogP contribution in [0.3, 0.4) is 0 Å². The Bertz CT molecular complexity index is 571. The zero-order valence-electron chi connectivity index (χ0n) is 12.5. The molecule has 0 amide bonds. The molecule has 0 saturated carbocycles. The second kappa shape index (κ2) is 7.55. The van der Waals surface area contributed by atoms with E-state index in [-0.39, 0.29) is 0 Å². The summed E-state index contributed by atoms with van der Waals surface area (Å²) in [6, 6.07) is 13.6. The van der Waals surface area contributed by atoms with Gasteiger partial charge in [0.1, 0.15) is 5.15 Å². The highest BCUT2D eigenvalue weighted by molar-refractivity contribution is 6.29. The minimum absolute atomic E-state index is 0.496. The van der Waals surface area contributed by atoms with E-state index in [4.69, 9.17) is 11.6 Å². The maximum Gasteiger partial charge on any atom is 0.129 e. The quantitative estimate of drug-likeness (QED) is 0.828. The number of benzene rings is 1. The zero-order chi connectivity index (χ0) is 15.2. The van der Waals surface area contributed by atoms with Crippen molar-refractivity contribution in [3.63, 3.8) is 0 Å². The number of aryl methyl sites for hydroxylation is 1. The van der Waals surface area contributed by atoms with E-state index in [2.05, 4.69) is 16.8 Å². The van der Waals surface area contributed by atoms with Crippen LogP contribution in [0, 0.1) is 6.92 Å². The molecule has 0 aliphatic heterocycles. The monoisotopic (exact) mass is 304 g/mol. The summed E-state index contributed by atoms with van der Waals surface area (Å²) < 4.78 is 0. The summed E-state index contributed by atoms with van der Waals surface area (Å²) in [4.78, 5) is 6.45. The Labute approximate surface area is 131 Å². The van der Waals surface area contributed by atoms with Gasteiger partial charge < -0.3 is 5.11 Å². The Morgan fingerprint density at radius 1 is 1.19 bits per heavy atom. The molecule has 0 saturated heterocycles. The second-order valence-corrected chi connectivity index (χ2v) is 5.59. The van der Waals surface area contributed by atoms with E-state index in [1.54, 1.807) is 6.07 Å². The third-order valence-corrected chi connectivity index (χ3v) is 3.71. The topological polar surface area (TPSA) is 36.4 Å². The van der Waals surface area contributed by atoms with Gasteiger partial charge in [0.2, 0.25) is 0 Å². The average Bonchev–Trinajstić information content (AvgIpc) is 2.47. The number of aliphatic hydroxyl groups is 1. The Morgan fingerprint density at radius 3 is 2.52 bits per heavy atom. The van der Waals surface area contributed by atoms with Crippen LogP contribution >= 0.6 is 11.6 Å². The standard InChI is InChI=1S/C17H21ClN2O/c1-3-20(11-15-5-4-6-17(18)19-15)12-16(21)14-9-7-13(2)8-10-14/h4-10,16,21H,3,11-12H2,1-2H3. The molecule has 1 aromatic carbocycles. The molecular weight excluding hydrogens is 284 g/mol. The molecule has 1 unspecified atom stereocenters. The highest BCUT2D eigenvalue weighted by Crippen LogP contribution is 2.16. The van der Waals surface area contributed by atoms with Crippen LogP contribution in [0.25, 0.3) is 0 Å². The number of likely N-dealkylation sites (N-methyl/N-ethyl adjacent to an activating group) is 1. The van der Waals surface area contributed by atoms with E-state index in [9.17, 15) is 5.11 Å². The maximum absolute atomic E-state index is 10.4. The number of nitrogens with zero attached hydrogens (tertiary/aromatic N) is 2. The molecule has 1 atom stereocenters. The van der Waals surface area contributed by atoms with Crippen LogP contribution in [-0.4, -0.2) is 28.1 Å². The van der Waals surface area contributed by atoms with Crippen molar-refractivity contribution >= 4 is 11.6 Å². The Balaban J connectivity index is 2.00.